The summed E-state index contributed by atoms with van der Waals surface area (Å²) in [4.78, 5) is 0. The third kappa shape index (κ3) is 2.11. The summed E-state index contributed by atoms with van der Waals surface area (Å²) in [6, 6.07) is 7.80. The maximum absolute atomic E-state index is 9.13. The van der Waals surface area contributed by atoms with Crippen LogP contribution in [0, 0.1) is 0 Å². The summed E-state index contributed by atoms with van der Waals surface area (Å²) in [6.07, 6.45) is 6.24. The van der Waals surface area contributed by atoms with Gasteiger partial charge in [0.1, 0.15) is 0 Å². The van der Waals surface area contributed by atoms with Crippen molar-refractivity contribution in [1.82, 2.24) is 9.78 Å². The van der Waals surface area contributed by atoms with E-state index in [9.17, 15) is 0 Å². The molecular weight excluding hydrogens is 215 g/mol. The molecule has 0 saturated heterocycles. The molecule has 3 rings (SSSR count). The van der Waals surface area contributed by atoms with Crippen molar-refractivity contribution in [2.24, 2.45) is 0 Å². The Balaban J connectivity index is 1.93. The minimum Gasteiger partial charge on any atom is -0.423 e. The van der Waals surface area contributed by atoms with Gasteiger partial charge in [0.2, 0.25) is 0 Å². The second kappa shape index (κ2) is 4.02. The summed E-state index contributed by atoms with van der Waals surface area (Å²) in [5.74, 6) is 0. The molecule has 17 heavy (non-hydrogen) atoms. The molecule has 2 N–H and O–H groups in total. The van der Waals surface area contributed by atoms with Gasteiger partial charge >= 0.3 is 7.12 Å². The average molecular weight is 228 g/mol. The molecule has 0 amide bonds. The van der Waals surface area contributed by atoms with Crippen LogP contribution in [0.1, 0.15) is 18.9 Å². The molecule has 1 heterocycles. The van der Waals surface area contributed by atoms with Crippen molar-refractivity contribution in [2.75, 3.05) is 0 Å². The maximum Gasteiger partial charge on any atom is 0.488 e. The fraction of sp³-hybridized carbons (Fsp3) is 0.250. The molecule has 1 aromatic heterocycles. The first kappa shape index (κ1) is 10.6. The van der Waals surface area contributed by atoms with Gasteiger partial charge < -0.3 is 10.0 Å². The van der Waals surface area contributed by atoms with Crippen LogP contribution in [0.25, 0.3) is 11.1 Å². The van der Waals surface area contributed by atoms with Crippen LogP contribution in [0.4, 0.5) is 0 Å². The van der Waals surface area contributed by atoms with Crippen molar-refractivity contribution >= 4 is 12.6 Å². The largest absolute Gasteiger partial charge is 0.488 e. The van der Waals surface area contributed by atoms with E-state index in [1.54, 1.807) is 12.1 Å². The Morgan fingerprint density at radius 3 is 2.76 bits per heavy atom. The smallest absolute Gasteiger partial charge is 0.423 e. The van der Waals surface area contributed by atoms with E-state index in [2.05, 4.69) is 5.10 Å². The van der Waals surface area contributed by atoms with Crippen LogP contribution in [0.5, 0.6) is 0 Å². The highest BCUT2D eigenvalue weighted by molar-refractivity contribution is 6.58. The van der Waals surface area contributed by atoms with E-state index in [4.69, 9.17) is 10.0 Å². The van der Waals surface area contributed by atoms with Crippen LogP contribution in [0.3, 0.4) is 0 Å². The molecule has 5 heteroatoms. The first-order valence-electron chi connectivity index (χ1n) is 5.74. The lowest BCUT2D eigenvalue weighted by Gasteiger charge is -2.02. The normalized spacial score (nSPS) is 14.9. The third-order valence-electron chi connectivity index (χ3n) is 3.04. The fourth-order valence-electron chi connectivity index (χ4n) is 1.90. The Kier molecular flexibility index (Phi) is 2.50. The van der Waals surface area contributed by atoms with Crippen molar-refractivity contribution in [3.8, 4) is 11.1 Å². The Bertz CT molecular complexity index is 535. The van der Waals surface area contributed by atoms with E-state index in [1.807, 2.05) is 29.2 Å². The first-order chi connectivity index (χ1) is 8.24. The van der Waals surface area contributed by atoms with Crippen molar-refractivity contribution in [3.63, 3.8) is 0 Å². The molecule has 4 nitrogen and oxygen atoms in total. The lowest BCUT2D eigenvalue weighted by molar-refractivity contribution is 0.426. The highest BCUT2D eigenvalue weighted by Crippen LogP contribution is 2.35. The average Bonchev–Trinajstić information content (AvgIpc) is 3.07. The van der Waals surface area contributed by atoms with E-state index >= 15 is 0 Å². The Hall–Kier alpha value is -1.59. The van der Waals surface area contributed by atoms with E-state index in [0.29, 0.717) is 11.5 Å². The minimum atomic E-state index is -1.42. The number of rotatable bonds is 3. The molecule has 86 valence electrons. The van der Waals surface area contributed by atoms with Crippen molar-refractivity contribution < 1.29 is 10.0 Å². The van der Waals surface area contributed by atoms with Crippen molar-refractivity contribution in [2.45, 2.75) is 18.9 Å². The molecule has 1 saturated carbocycles. The molecule has 1 aliphatic rings. The van der Waals surface area contributed by atoms with Crippen LogP contribution in [-0.2, 0) is 0 Å². The molecular formula is C12H13BN2O2. The van der Waals surface area contributed by atoms with Gasteiger partial charge in [-0.25, -0.2) is 0 Å². The monoisotopic (exact) mass is 228 g/mol. The molecule has 0 spiro atoms. The van der Waals surface area contributed by atoms with Crippen molar-refractivity contribution in [3.05, 3.63) is 36.7 Å². The van der Waals surface area contributed by atoms with Gasteiger partial charge in [-0.2, -0.15) is 5.10 Å². The van der Waals surface area contributed by atoms with Gasteiger partial charge in [-0.3, -0.25) is 4.68 Å². The van der Waals surface area contributed by atoms with Gasteiger partial charge in [0.05, 0.1) is 12.2 Å². The van der Waals surface area contributed by atoms with Crippen LogP contribution in [-0.4, -0.2) is 26.9 Å². The standard InChI is InChI=1S/C12H13BN2O2/c16-13(17)11-3-1-2-9(6-11)10-7-14-15(8-10)12-4-5-12/h1-3,6-8,12,16-17H,4-5H2. The Morgan fingerprint density at radius 1 is 1.24 bits per heavy atom. The van der Waals surface area contributed by atoms with Gasteiger partial charge in [0.25, 0.3) is 0 Å². The fourth-order valence-corrected chi connectivity index (χ4v) is 1.90. The minimum absolute atomic E-state index is 0.502. The summed E-state index contributed by atoms with van der Waals surface area (Å²) in [7, 11) is -1.42. The van der Waals surface area contributed by atoms with E-state index in [-0.39, 0.29) is 0 Å². The second-order valence-corrected chi connectivity index (χ2v) is 4.44. The molecule has 0 atom stereocenters. The molecule has 0 radical (unpaired) electrons. The van der Waals surface area contributed by atoms with Gasteiger partial charge in [0.15, 0.2) is 0 Å². The number of aromatic nitrogens is 2. The van der Waals surface area contributed by atoms with Gasteiger partial charge in [-0.05, 0) is 23.9 Å². The highest BCUT2D eigenvalue weighted by Gasteiger charge is 2.24. The number of hydrogen-bond acceptors (Lipinski definition) is 3. The Labute approximate surface area is 99.7 Å². The van der Waals surface area contributed by atoms with Crippen LogP contribution < -0.4 is 5.46 Å². The zero-order chi connectivity index (χ0) is 11.8. The number of hydrogen-bond donors (Lipinski definition) is 2. The molecule has 0 unspecified atom stereocenters. The highest BCUT2D eigenvalue weighted by atomic mass is 16.4. The lowest BCUT2D eigenvalue weighted by Crippen LogP contribution is -2.29. The lowest BCUT2D eigenvalue weighted by atomic mass is 9.79. The van der Waals surface area contributed by atoms with Gasteiger partial charge in [-0.15, -0.1) is 0 Å². The Morgan fingerprint density at radius 2 is 2.06 bits per heavy atom. The molecule has 1 fully saturated rings. The predicted octanol–water partition coefficient (Wildman–Crippen LogP) is 0.565. The maximum atomic E-state index is 9.13. The van der Waals surface area contributed by atoms with Crippen LogP contribution in [0.15, 0.2) is 36.7 Å². The van der Waals surface area contributed by atoms with E-state index < -0.39 is 7.12 Å². The predicted molar refractivity (Wildman–Crippen MR) is 65.8 cm³/mol. The molecule has 2 aromatic rings. The van der Waals surface area contributed by atoms with Gasteiger partial charge in [-0.1, -0.05) is 24.3 Å². The summed E-state index contributed by atoms with van der Waals surface area (Å²) in [6.45, 7) is 0. The van der Waals surface area contributed by atoms with E-state index in [0.717, 1.165) is 11.1 Å². The molecule has 1 aromatic carbocycles. The quantitative estimate of drug-likeness (QED) is 0.755. The molecule has 1 aliphatic carbocycles. The number of benzene rings is 1. The van der Waals surface area contributed by atoms with E-state index in [1.165, 1.54) is 12.8 Å². The zero-order valence-corrected chi connectivity index (χ0v) is 9.32. The summed E-state index contributed by atoms with van der Waals surface area (Å²) >= 11 is 0. The SMILES string of the molecule is OB(O)c1cccc(-c2cnn(C3CC3)c2)c1. The van der Waals surface area contributed by atoms with Crippen molar-refractivity contribution in [1.29, 1.82) is 0 Å². The topological polar surface area (TPSA) is 58.3 Å². The summed E-state index contributed by atoms with van der Waals surface area (Å²) < 4.78 is 1.98. The zero-order valence-electron chi connectivity index (χ0n) is 9.32. The molecule has 0 aliphatic heterocycles. The van der Waals surface area contributed by atoms with Crippen LogP contribution in [0.2, 0.25) is 0 Å². The first-order valence-corrected chi connectivity index (χ1v) is 5.74. The van der Waals surface area contributed by atoms with Crippen LogP contribution >= 0.6 is 0 Å². The molecule has 0 bridgehead atoms. The third-order valence-corrected chi connectivity index (χ3v) is 3.04. The summed E-state index contributed by atoms with van der Waals surface area (Å²) in [5.41, 5.74) is 2.48. The second-order valence-electron chi connectivity index (χ2n) is 4.44. The number of nitrogens with zero attached hydrogens (tertiary/aromatic N) is 2. The van der Waals surface area contributed by atoms with Gasteiger partial charge in [0, 0.05) is 11.8 Å². The summed E-state index contributed by atoms with van der Waals surface area (Å²) in [5, 5.41) is 22.6.